The van der Waals surface area contributed by atoms with Crippen LogP contribution in [0.15, 0.2) is 4.52 Å². The maximum absolute atomic E-state index is 5.35. The lowest BCUT2D eigenvalue weighted by Crippen LogP contribution is -2.33. The molecule has 1 aliphatic carbocycles. The Hall–Kier alpha value is -0.900. The maximum atomic E-state index is 5.35. The fourth-order valence-electron chi connectivity index (χ4n) is 2.26. The lowest BCUT2D eigenvalue weighted by molar-refractivity contribution is 0.239. The van der Waals surface area contributed by atoms with Crippen molar-refractivity contribution in [3.05, 3.63) is 11.7 Å². The molecule has 0 amide bonds. The van der Waals surface area contributed by atoms with E-state index in [9.17, 15) is 0 Å². The largest absolute Gasteiger partial charge is 0.338 e. The summed E-state index contributed by atoms with van der Waals surface area (Å²) in [7, 11) is 0. The summed E-state index contributed by atoms with van der Waals surface area (Å²) in [6.45, 7) is 3.31. The second-order valence-corrected chi connectivity index (χ2v) is 4.82. The molecule has 1 aromatic heterocycles. The van der Waals surface area contributed by atoms with Crippen molar-refractivity contribution in [1.29, 1.82) is 0 Å². The zero-order chi connectivity index (χ0) is 10.3. The van der Waals surface area contributed by atoms with Crippen LogP contribution in [-0.4, -0.2) is 16.7 Å². The first-order chi connectivity index (χ1) is 7.34. The monoisotopic (exact) mass is 207 g/mol. The minimum absolute atomic E-state index is 0.277. The van der Waals surface area contributed by atoms with Crippen molar-refractivity contribution < 1.29 is 4.52 Å². The molecular formula is C11H17N3O. The third-order valence-corrected chi connectivity index (χ3v) is 3.44. The number of hydrogen-bond acceptors (Lipinski definition) is 4. The Labute approximate surface area is 89.4 Å². The summed E-state index contributed by atoms with van der Waals surface area (Å²) in [6, 6.07) is 0.277. The van der Waals surface area contributed by atoms with Crippen molar-refractivity contribution in [1.82, 2.24) is 15.5 Å². The number of aromatic nitrogens is 2. The molecule has 0 bridgehead atoms. The average Bonchev–Trinajstić information content (AvgIpc) is 2.99. The predicted molar refractivity (Wildman–Crippen MR) is 55.4 cm³/mol. The van der Waals surface area contributed by atoms with Gasteiger partial charge in [0.25, 0.3) is 0 Å². The van der Waals surface area contributed by atoms with Gasteiger partial charge in [-0.15, -0.1) is 0 Å². The zero-order valence-electron chi connectivity index (χ0n) is 9.07. The van der Waals surface area contributed by atoms with Crippen molar-refractivity contribution in [3.8, 4) is 0 Å². The van der Waals surface area contributed by atoms with Crippen LogP contribution in [0.3, 0.4) is 0 Å². The zero-order valence-corrected chi connectivity index (χ0v) is 9.07. The summed E-state index contributed by atoms with van der Waals surface area (Å²) in [5.74, 6) is 2.90. The Morgan fingerprint density at radius 2 is 2.20 bits per heavy atom. The first kappa shape index (κ1) is 9.33. The Balaban J connectivity index is 1.78. The Morgan fingerprint density at radius 1 is 1.33 bits per heavy atom. The van der Waals surface area contributed by atoms with E-state index in [1.54, 1.807) is 0 Å². The van der Waals surface area contributed by atoms with Crippen molar-refractivity contribution in [2.24, 2.45) is 5.92 Å². The van der Waals surface area contributed by atoms with Crippen LogP contribution in [0.1, 0.15) is 56.3 Å². The molecule has 2 atom stereocenters. The molecule has 1 aliphatic heterocycles. The highest BCUT2D eigenvalue weighted by molar-refractivity contribution is 5.05. The SMILES string of the molecule is CC1CCCNC1c1nc(C2CC2)no1. The van der Waals surface area contributed by atoms with Crippen LogP contribution in [0.2, 0.25) is 0 Å². The molecule has 2 unspecified atom stereocenters. The summed E-state index contributed by atoms with van der Waals surface area (Å²) >= 11 is 0. The fraction of sp³-hybridized carbons (Fsp3) is 0.818. The average molecular weight is 207 g/mol. The molecule has 0 spiro atoms. The van der Waals surface area contributed by atoms with Gasteiger partial charge in [-0.05, 0) is 38.1 Å². The number of piperidine rings is 1. The van der Waals surface area contributed by atoms with Crippen LogP contribution in [-0.2, 0) is 0 Å². The first-order valence-corrected chi connectivity index (χ1v) is 5.91. The Morgan fingerprint density at radius 3 is 2.93 bits per heavy atom. The van der Waals surface area contributed by atoms with Crippen molar-refractivity contribution in [3.63, 3.8) is 0 Å². The van der Waals surface area contributed by atoms with Crippen LogP contribution >= 0.6 is 0 Å². The van der Waals surface area contributed by atoms with Crippen LogP contribution in [0.4, 0.5) is 0 Å². The van der Waals surface area contributed by atoms with Crippen LogP contribution in [0.5, 0.6) is 0 Å². The molecule has 0 radical (unpaired) electrons. The number of nitrogens with zero attached hydrogens (tertiary/aromatic N) is 2. The van der Waals surface area contributed by atoms with E-state index in [0.717, 1.165) is 18.3 Å². The van der Waals surface area contributed by atoms with Gasteiger partial charge in [0.2, 0.25) is 5.89 Å². The third-order valence-electron chi connectivity index (χ3n) is 3.44. The third kappa shape index (κ3) is 1.78. The van der Waals surface area contributed by atoms with Gasteiger partial charge in [0.05, 0.1) is 6.04 Å². The molecule has 1 saturated heterocycles. The highest BCUT2D eigenvalue weighted by Gasteiger charge is 2.32. The first-order valence-electron chi connectivity index (χ1n) is 5.91. The fourth-order valence-corrected chi connectivity index (χ4v) is 2.26. The summed E-state index contributed by atoms with van der Waals surface area (Å²) in [5, 5.41) is 7.52. The van der Waals surface area contributed by atoms with Gasteiger partial charge in [-0.3, -0.25) is 0 Å². The van der Waals surface area contributed by atoms with Gasteiger partial charge in [0.1, 0.15) is 0 Å². The summed E-state index contributed by atoms with van der Waals surface area (Å²) < 4.78 is 5.35. The van der Waals surface area contributed by atoms with Crippen LogP contribution < -0.4 is 5.32 Å². The van der Waals surface area contributed by atoms with Gasteiger partial charge in [-0.1, -0.05) is 12.1 Å². The molecule has 1 saturated carbocycles. The van der Waals surface area contributed by atoms with E-state index in [-0.39, 0.29) is 6.04 Å². The molecule has 2 heterocycles. The highest BCUT2D eigenvalue weighted by Crippen LogP contribution is 2.39. The maximum Gasteiger partial charge on any atom is 0.244 e. The van der Waals surface area contributed by atoms with E-state index in [0.29, 0.717) is 11.8 Å². The van der Waals surface area contributed by atoms with Gasteiger partial charge in [0, 0.05) is 5.92 Å². The molecule has 1 N–H and O–H groups in total. The van der Waals surface area contributed by atoms with E-state index in [1.165, 1.54) is 25.7 Å². The van der Waals surface area contributed by atoms with E-state index >= 15 is 0 Å². The summed E-state index contributed by atoms with van der Waals surface area (Å²) in [4.78, 5) is 4.51. The van der Waals surface area contributed by atoms with E-state index < -0.39 is 0 Å². The topological polar surface area (TPSA) is 51.0 Å². The highest BCUT2D eigenvalue weighted by atomic mass is 16.5. The summed E-state index contributed by atoms with van der Waals surface area (Å²) in [5.41, 5.74) is 0. The van der Waals surface area contributed by atoms with Gasteiger partial charge in [0.15, 0.2) is 5.82 Å². The molecule has 82 valence electrons. The van der Waals surface area contributed by atoms with E-state index in [2.05, 4.69) is 22.4 Å². The molecule has 15 heavy (non-hydrogen) atoms. The second-order valence-electron chi connectivity index (χ2n) is 4.82. The smallest absolute Gasteiger partial charge is 0.244 e. The van der Waals surface area contributed by atoms with Crippen LogP contribution in [0.25, 0.3) is 0 Å². The van der Waals surface area contributed by atoms with E-state index in [4.69, 9.17) is 4.52 Å². The second kappa shape index (κ2) is 3.59. The lowest BCUT2D eigenvalue weighted by atomic mass is 9.93. The van der Waals surface area contributed by atoms with E-state index in [1.807, 2.05) is 0 Å². The molecule has 4 heteroatoms. The molecular weight excluding hydrogens is 190 g/mol. The summed E-state index contributed by atoms with van der Waals surface area (Å²) in [6.07, 6.45) is 4.96. The molecule has 3 rings (SSSR count). The minimum atomic E-state index is 0.277. The molecule has 1 aromatic rings. The molecule has 0 aromatic carbocycles. The van der Waals surface area contributed by atoms with Gasteiger partial charge < -0.3 is 9.84 Å². The standard InChI is InChI=1S/C11H17N3O/c1-7-3-2-6-12-9(7)11-13-10(14-15-11)8-4-5-8/h7-9,12H,2-6H2,1H3. The van der Waals surface area contributed by atoms with Gasteiger partial charge in [-0.25, -0.2) is 0 Å². The normalized spacial score (nSPS) is 31.8. The number of rotatable bonds is 2. The van der Waals surface area contributed by atoms with Crippen LogP contribution in [0, 0.1) is 5.92 Å². The minimum Gasteiger partial charge on any atom is -0.338 e. The van der Waals surface area contributed by atoms with Crippen molar-refractivity contribution in [2.75, 3.05) is 6.54 Å². The lowest BCUT2D eigenvalue weighted by Gasteiger charge is -2.26. The number of nitrogens with one attached hydrogen (secondary N) is 1. The number of hydrogen-bond donors (Lipinski definition) is 1. The molecule has 2 aliphatic rings. The predicted octanol–water partition coefficient (Wildman–Crippen LogP) is 2.01. The van der Waals surface area contributed by atoms with Gasteiger partial charge in [-0.2, -0.15) is 4.98 Å². The molecule has 4 nitrogen and oxygen atoms in total. The van der Waals surface area contributed by atoms with Crippen molar-refractivity contribution in [2.45, 2.75) is 44.6 Å². The Bertz CT molecular complexity index is 345. The van der Waals surface area contributed by atoms with Gasteiger partial charge >= 0.3 is 0 Å². The molecule has 2 fully saturated rings. The Kier molecular flexibility index (Phi) is 2.24. The quantitative estimate of drug-likeness (QED) is 0.806. The van der Waals surface area contributed by atoms with Crippen molar-refractivity contribution >= 4 is 0 Å².